The third-order valence-electron chi connectivity index (χ3n) is 9.58. The molecule has 2 atom stereocenters. The molecule has 4 heterocycles. The van der Waals surface area contributed by atoms with Gasteiger partial charge in [-0.3, -0.25) is 14.6 Å². The van der Waals surface area contributed by atoms with Crippen molar-refractivity contribution in [1.82, 2.24) is 24.7 Å². The molecule has 4 aliphatic rings. The molecule has 0 spiro atoms. The first kappa shape index (κ1) is 29.4. The summed E-state index contributed by atoms with van der Waals surface area (Å²) in [5, 5.41) is 9.52. The lowest BCUT2D eigenvalue weighted by Crippen LogP contribution is -2.55. The van der Waals surface area contributed by atoms with Gasteiger partial charge in [0.25, 0.3) is 0 Å². The number of nitrogens with zero attached hydrogens (tertiary/aromatic N) is 7. The minimum Gasteiger partial charge on any atom is -0.497 e. The molecular weight excluding hydrogens is 542 g/mol. The van der Waals surface area contributed by atoms with E-state index in [-0.39, 0.29) is 18.4 Å². The molecule has 10 nitrogen and oxygen atoms in total. The fourth-order valence-corrected chi connectivity index (χ4v) is 7.19. The smallest absolute Gasteiger partial charge is 0.318 e. The van der Waals surface area contributed by atoms with Gasteiger partial charge < -0.3 is 19.3 Å². The Labute approximate surface area is 254 Å². The fraction of sp³-hybridized carbons (Fsp3) is 0.576. The molecule has 1 aliphatic carbocycles. The Morgan fingerprint density at radius 3 is 2.79 bits per heavy atom. The lowest BCUT2D eigenvalue weighted by Gasteiger charge is -2.42. The molecule has 0 bridgehead atoms. The Kier molecular flexibility index (Phi) is 9.10. The number of amides is 1. The second-order valence-corrected chi connectivity index (χ2v) is 12.1. The highest BCUT2D eigenvalue weighted by molar-refractivity contribution is 5.87. The molecule has 10 heteroatoms. The van der Waals surface area contributed by atoms with Crippen LogP contribution in [0.3, 0.4) is 0 Å². The van der Waals surface area contributed by atoms with Crippen molar-refractivity contribution in [1.29, 1.82) is 5.26 Å². The first-order chi connectivity index (χ1) is 21.1. The summed E-state index contributed by atoms with van der Waals surface area (Å²) in [4.78, 5) is 31.6. The van der Waals surface area contributed by atoms with Crippen molar-refractivity contribution in [3.8, 4) is 17.8 Å². The Morgan fingerprint density at radius 2 is 2.00 bits per heavy atom. The highest BCUT2D eigenvalue weighted by atomic mass is 16.5. The quantitative estimate of drug-likeness (QED) is 0.412. The van der Waals surface area contributed by atoms with Crippen LogP contribution in [-0.4, -0.2) is 102 Å². The monoisotopic (exact) mass is 585 g/mol. The van der Waals surface area contributed by atoms with Crippen LogP contribution < -0.4 is 14.4 Å². The van der Waals surface area contributed by atoms with Gasteiger partial charge in [0.05, 0.1) is 31.3 Å². The zero-order valence-corrected chi connectivity index (χ0v) is 25.3. The molecule has 1 unspecified atom stereocenters. The van der Waals surface area contributed by atoms with Gasteiger partial charge in [-0.25, -0.2) is 0 Å². The van der Waals surface area contributed by atoms with E-state index >= 15 is 0 Å². The number of nitriles is 1. The van der Waals surface area contributed by atoms with Crippen LogP contribution in [0.2, 0.25) is 0 Å². The van der Waals surface area contributed by atoms with Gasteiger partial charge in [0.2, 0.25) is 5.91 Å². The number of benzene rings is 1. The number of carbonyl (C=O) groups excluding carboxylic acids is 1. The van der Waals surface area contributed by atoms with Crippen molar-refractivity contribution in [2.24, 2.45) is 0 Å². The summed E-state index contributed by atoms with van der Waals surface area (Å²) < 4.78 is 11.7. The van der Waals surface area contributed by atoms with Crippen LogP contribution >= 0.6 is 0 Å². The summed E-state index contributed by atoms with van der Waals surface area (Å²) in [5.41, 5.74) is 5.01. The van der Waals surface area contributed by atoms with Gasteiger partial charge >= 0.3 is 6.01 Å². The lowest BCUT2D eigenvalue weighted by molar-refractivity contribution is -0.128. The maximum atomic E-state index is 12.5. The number of likely N-dealkylation sites (tertiary alicyclic amines) is 1. The van der Waals surface area contributed by atoms with Gasteiger partial charge in [0.15, 0.2) is 0 Å². The second kappa shape index (κ2) is 13.3. The van der Waals surface area contributed by atoms with Crippen LogP contribution in [-0.2, 0) is 30.6 Å². The first-order valence-electron chi connectivity index (χ1n) is 15.8. The predicted octanol–water partition coefficient (Wildman–Crippen LogP) is 2.99. The van der Waals surface area contributed by atoms with E-state index in [0.29, 0.717) is 38.3 Å². The molecule has 0 N–H and O–H groups in total. The zero-order valence-electron chi connectivity index (χ0n) is 25.3. The predicted molar refractivity (Wildman–Crippen MR) is 164 cm³/mol. The van der Waals surface area contributed by atoms with Gasteiger partial charge in [-0.15, -0.1) is 0 Å². The van der Waals surface area contributed by atoms with Gasteiger partial charge in [-0.1, -0.05) is 12.6 Å². The molecule has 1 amide bonds. The average Bonchev–Trinajstić information content (AvgIpc) is 3.57. The Hall–Kier alpha value is -3.68. The summed E-state index contributed by atoms with van der Waals surface area (Å²) in [6, 6.07) is 9.34. The molecule has 0 radical (unpaired) electrons. The van der Waals surface area contributed by atoms with E-state index in [2.05, 4.69) is 45.5 Å². The number of rotatable bonds is 9. The van der Waals surface area contributed by atoms with E-state index in [1.807, 2.05) is 0 Å². The van der Waals surface area contributed by atoms with Crippen LogP contribution in [0.15, 0.2) is 30.9 Å². The number of methoxy groups -OCH3 is 1. The lowest BCUT2D eigenvalue weighted by atomic mass is 9.88. The van der Waals surface area contributed by atoms with E-state index < -0.39 is 0 Å². The van der Waals surface area contributed by atoms with Crippen molar-refractivity contribution in [2.45, 2.75) is 63.6 Å². The van der Waals surface area contributed by atoms with Gasteiger partial charge in [0, 0.05) is 57.3 Å². The standard InChI is InChI=1S/C33H43N7O3/c1-3-31(41)40-17-16-39(23-27(40)10-12-34)32-29-9-7-26(38-15-11-24-20-28(42-2)8-6-25(24)22-38)21-30(29)35-33(36-32)43-19-18-37-13-4-5-14-37/h3,6,8,20,26-27H,1,4-5,7,9-11,13-19,21-23H2,2H3/t26?,27-/m0/s1. The molecule has 228 valence electrons. The highest BCUT2D eigenvalue weighted by Crippen LogP contribution is 2.35. The number of fused-ring (bicyclic) bond motifs is 2. The summed E-state index contributed by atoms with van der Waals surface area (Å²) in [6.45, 7) is 11.0. The largest absolute Gasteiger partial charge is 0.497 e. The van der Waals surface area contributed by atoms with Crippen LogP contribution in [0.4, 0.5) is 5.82 Å². The van der Waals surface area contributed by atoms with Gasteiger partial charge in [-0.05, 0) is 74.5 Å². The Bertz CT molecular complexity index is 1370. The molecule has 1 aromatic heterocycles. The zero-order chi connectivity index (χ0) is 29.8. The molecular formula is C33H43N7O3. The number of ether oxygens (including phenoxy) is 2. The molecule has 2 fully saturated rings. The van der Waals surface area contributed by atoms with Crippen LogP contribution in [0.1, 0.15) is 48.1 Å². The highest BCUT2D eigenvalue weighted by Gasteiger charge is 2.35. The van der Waals surface area contributed by atoms with Crippen LogP contribution in [0.25, 0.3) is 0 Å². The topological polar surface area (TPSA) is 98.1 Å². The maximum absolute atomic E-state index is 12.5. The minimum atomic E-state index is -0.210. The minimum absolute atomic E-state index is 0.125. The van der Waals surface area contributed by atoms with Crippen LogP contribution in [0, 0.1) is 11.3 Å². The number of hydrogen-bond donors (Lipinski definition) is 0. The van der Waals surface area contributed by atoms with Gasteiger partial charge in [0.1, 0.15) is 18.2 Å². The Morgan fingerprint density at radius 1 is 1.14 bits per heavy atom. The molecule has 6 rings (SSSR count). The summed E-state index contributed by atoms with van der Waals surface area (Å²) in [5.74, 6) is 1.70. The van der Waals surface area contributed by atoms with E-state index in [0.717, 1.165) is 75.7 Å². The molecule has 3 aliphatic heterocycles. The first-order valence-corrected chi connectivity index (χ1v) is 15.8. The van der Waals surface area contributed by atoms with Crippen molar-refractivity contribution in [3.05, 3.63) is 53.2 Å². The average molecular weight is 586 g/mol. The fourth-order valence-electron chi connectivity index (χ4n) is 7.19. The maximum Gasteiger partial charge on any atom is 0.318 e. The van der Waals surface area contributed by atoms with E-state index in [1.165, 1.54) is 35.6 Å². The Balaban J connectivity index is 1.23. The van der Waals surface area contributed by atoms with Gasteiger partial charge in [-0.2, -0.15) is 15.2 Å². The van der Waals surface area contributed by atoms with E-state index in [4.69, 9.17) is 19.4 Å². The number of aromatic nitrogens is 2. The van der Waals surface area contributed by atoms with Crippen molar-refractivity contribution >= 4 is 11.7 Å². The molecule has 0 saturated carbocycles. The summed E-state index contributed by atoms with van der Waals surface area (Å²) >= 11 is 0. The SMILES string of the molecule is C=CC(=O)N1CCN(c2nc(OCCN3CCCC3)nc3c2CCC(N2CCc4cc(OC)ccc4C2)C3)C[C@@H]1CC#N. The number of anilines is 1. The molecule has 2 aromatic rings. The van der Waals surface area contributed by atoms with Crippen molar-refractivity contribution in [3.63, 3.8) is 0 Å². The second-order valence-electron chi connectivity index (χ2n) is 12.1. The van der Waals surface area contributed by atoms with E-state index in [1.54, 1.807) is 12.0 Å². The summed E-state index contributed by atoms with van der Waals surface area (Å²) in [6.07, 6.45) is 7.92. The van der Waals surface area contributed by atoms with Crippen molar-refractivity contribution < 1.29 is 14.3 Å². The normalized spacial score (nSPS) is 22.4. The van der Waals surface area contributed by atoms with E-state index in [9.17, 15) is 10.1 Å². The molecule has 43 heavy (non-hydrogen) atoms. The number of hydrogen-bond acceptors (Lipinski definition) is 9. The van der Waals surface area contributed by atoms with Crippen LogP contribution in [0.5, 0.6) is 11.8 Å². The summed E-state index contributed by atoms with van der Waals surface area (Å²) in [7, 11) is 1.72. The van der Waals surface area contributed by atoms with Crippen molar-refractivity contribution in [2.75, 3.05) is 64.4 Å². The number of carbonyl (C=O) groups is 1. The number of piperazine rings is 1. The molecule has 1 aromatic carbocycles. The third kappa shape index (κ3) is 6.48. The third-order valence-corrected chi connectivity index (χ3v) is 9.58. The molecule has 2 saturated heterocycles.